The van der Waals surface area contributed by atoms with E-state index in [2.05, 4.69) is 40.6 Å². The van der Waals surface area contributed by atoms with Crippen molar-refractivity contribution in [1.82, 2.24) is 4.98 Å². The molecule has 1 aromatic carbocycles. The molecule has 1 aliphatic rings. The van der Waals surface area contributed by atoms with E-state index in [0.29, 0.717) is 11.5 Å². The summed E-state index contributed by atoms with van der Waals surface area (Å²) in [7, 11) is 0. The number of aromatic nitrogens is 1. The average molecular weight is 235 g/mol. The lowest BCUT2D eigenvalue weighted by atomic mass is 9.77. The molecule has 0 radical (unpaired) electrons. The van der Waals surface area contributed by atoms with Crippen molar-refractivity contribution in [2.24, 2.45) is 0 Å². The molecule has 0 fully saturated rings. The summed E-state index contributed by atoms with van der Waals surface area (Å²) < 4.78 is 0. The van der Waals surface area contributed by atoms with Crippen molar-refractivity contribution < 1.29 is 0 Å². The fraction of sp³-hybridized carbons (Fsp3) is 0.200. The Morgan fingerprint density at radius 2 is 2.22 bits per heavy atom. The second-order valence-corrected chi connectivity index (χ2v) is 4.51. The van der Waals surface area contributed by atoms with Gasteiger partial charge in [-0.1, -0.05) is 24.3 Å². The molecule has 18 heavy (non-hydrogen) atoms. The van der Waals surface area contributed by atoms with Crippen LogP contribution in [0.1, 0.15) is 22.6 Å². The Labute approximate surface area is 106 Å². The van der Waals surface area contributed by atoms with E-state index in [1.54, 1.807) is 18.5 Å². The van der Waals surface area contributed by atoms with Crippen molar-refractivity contribution >= 4 is 5.69 Å². The number of rotatable bonds is 3. The number of nitrogens with one attached hydrogen (secondary N) is 1. The topological polar surface area (TPSA) is 48.7 Å². The smallest absolute Gasteiger partial charge is 0.101 e. The van der Waals surface area contributed by atoms with Gasteiger partial charge in [-0.15, -0.1) is 0 Å². The Hall–Kier alpha value is -2.34. The van der Waals surface area contributed by atoms with Crippen molar-refractivity contribution in [1.29, 1.82) is 5.26 Å². The minimum absolute atomic E-state index is 0.549. The molecule has 1 N–H and O–H groups in total. The van der Waals surface area contributed by atoms with Gasteiger partial charge in [-0.3, -0.25) is 4.98 Å². The first-order valence-corrected chi connectivity index (χ1v) is 6.04. The van der Waals surface area contributed by atoms with Crippen molar-refractivity contribution in [2.75, 3.05) is 11.9 Å². The molecule has 1 aliphatic carbocycles. The Morgan fingerprint density at radius 1 is 1.33 bits per heavy atom. The van der Waals surface area contributed by atoms with Gasteiger partial charge in [0.1, 0.15) is 6.07 Å². The molecule has 0 bridgehead atoms. The van der Waals surface area contributed by atoms with Gasteiger partial charge in [0, 0.05) is 18.7 Å². The van der Waals surface area contributed by atoms with E-state index in [9.17, 15) is 0 Å². The van der Waals surface area contributed by atoms with Gasteiger partial charge < -0.3 is 5.32 Å². The van der Waals surface area contributed by atoms with Crippen LogP contribution in [0.3, 0.4) is 0 Å². The molecule has 0 saturated heterocycles. The SMILES string of the molecule is N#Cc1ccncc1NCC1Cc2ccccc21. The molecular weight excluding hydrogens is 222 g/mol. The van der Waals surface area contributed by atoms with Gasteiger partial charge in [0.25, 0.3) is 0 Å². The highest BCUT2D eigenvalue weighted by Gasteiger charge is 2.24. The van der Waals surface area contributed by atoms with Crippen LogP contribution in [-0.2, 0) is 6.42 Å². The minimum Gasteiger partial charge on any atom is -0.382 e. The normalized spacial score (nSPS) is 16.3. The first-order valence-electron chi connectivity index (χ1n) is 6.04. The third-order valence-electron chi connectivity index (χ3n) is 3.44. The van der Waals surface area contributed by atoms with Gasteiger partial charge in [-0.2, -0.15) is 5.26 Å². The van der Waals surface area contributed by atoms with Crippen LogP contribution in [0, 0.1) is 11.3 Å². The van der Waals surface area contributed by atoms with Gasteiger partial charge in [-0.25, -0.2) is 0 Å². The molecule has 3 rings (SSSR count). The molecule has 1 unspecified atom stereocenters. The number of fused-ring (bicyclic) bond motifs is 1. The molecule has 88 valence electrons. The lowest BCUT2D eigenvalue weighted by molar-refractivity contribution is 0.635. The number of pyridine rings is 1. The minimum atomic E-state index is 0.549. The Morgan fingerprint density at radius 3 is 3.06 bits per heavy atom. The molecule has 0 aliphatic heterocycles. The summed E-state index contributed by atoms with van der Waals surface area (Å²) in [6, 6.07) is 12.4. The molecule has 1 heterocycles. The highest BCUT2D eigenvalue weighted by atomic mass is 14.9. The summed E-state index contributed by atoms with van der Waals surface area (Å²) in [5.74, 6) is 0.549. The van der Waals surface area contributed by atoms with Crippen LogP contribution in [0.25, 0.3) is 0 Å². The molecular formula is C15H13N3. The quantitative estimate of drug-likeness (QED) is 0.889. The van der Waals surface area contributed by atoms with Crippen LogP contribution >= 0.6 is 0 Å². The third kappa shape index (κ3) is 1.82. The molecule has 3 nitrogen and oxygen atoms in total. The van der Waals surface area contributed by atoms with E-state index in [1.165, 1.54) is 11.1 Å². The van der Waals surface area contributed by atoms with Gasteiger partial charge in [0.2, 0.25) is 0 Å². The summed E-state index contributed by atoms with van der Waals surface area (Å²) >= 11 is 0. The highest BCUT2D eigenvalue weighted by Crippen LogP contribution is 2.34. The summed E-state index contributed by atoms with van der Waals surface area (Å²) in [5, 5.41) is 12.3. The van der Waals surface area contributed by atoms with E-state index in [-0.39, 0.29) is 0 Å². The average Bonchev–Trinajstić information content (AvgIpc) is 2.40. The van der Waals surface area contributed by atoms with Crippen LogP contribution < -0.4 is 5.32 Å². The maximum Gasteiger partial charge on any atom is 0.101 e. The lowest BCUT2D eigenvalue weighted by Gasteiger charge is -2.30. The first-order chi connectivity index (χ1) is 8.88. The van der Waals surface area contributed by atoms with E-state index >= 15 is 0 Å². The number of nitrogens with zero attached hydrogens (tertiary/aromatic N) is 2. The number of benzene rings is 1. The van der Waals surface area contributed by atoms with Crippen molar-refractivity contribution in [2.45, 2.75) is 12.3 Å². The number of nitriles is 1. The number of hydrogen-bond donors (Lipinski definition) is 1. The summed E-state index contributed by atoms with van der Waals surface area (Å²) in [4.78, 5) is 4.05. The van der Waals surface area contributed by atoms with Crippen molar-refractivity contribution in [3.05, 3.63) is 59.4 Å². The Kier molecular flexibility index (Phi) is 2.70. The van der Waals surface area contributed by atoms with Crippen LogP contribution in [0.15, 0.2) is 42.7 Å². The summed E-state index contributed by atoms with van der Waals surface area (Å²) in [5.41, 5.74) is 4.34. The zero-order valence-corrected chi connectivity index (χ0v) is 9.93. The van der Waals surface area contributed by atoms with Gasteiger partial charge >= 0.3 is 0 Å². The second-order valence-electron chi connectivity index (χ2n) is 4.51. The zero-order valence-electron chi connectivity index (χ0n) is 9.93. The van der Waals surface area contributed by atoms with Crippen molar-refractivity contribution in [3.8, 4) is 6.07 Å². The van der Waals surface area contributed by atoms with Gasteiger partial charge in [0.05, 0.1) is 17.4 Å². The van der Waals surface area contributed by atoms with Gasteiger partial charge in [-0.05, 0) is 23.6 Å². The van der Waals surface area contributed by atoms with Crippen LogP contribution in [0.2, 0.25) is 0 Å². The summed E-state index contributed by atoms with van der Waals surface area (Å²) in [6.07, 6.45) is 4.47. The van der Waals surface area contributed by atoms with E-state index in [1.807, 2.05) is 0 Å². The molecule has 0 saturated carbocycles. The molecule has 1 atom stereocenters. The monoisotopic (exact) mass is 235 g/mol. The second kappa shape index (κ2) is 4.50. The van der Waals surface area contributed by atoms with E-state index < -0.39 is 0 Å². The summed E-state index contributed by atoms with van der Waals surface area (Å²) in [6.45, 7) is 0.859. The van der Waals surface area contributed by atoms with Gasteiger partial charge in [0.15, 0.2) is 0 Å². The lowest BCUT2D eigenvalue weighted by Crippen LogP contribution is -2.24. The van der Waals surface area contributed by atoms with E-state index in [4.69, 9.17) is 5.26 Å². The van der Waals surface area contributed by atoms with Crippen LogP contribution in [0.5, 0.6) is 0 Å². The zero-order chi connectivity index (χ0) is 12.4. The third-order valence-corrected chi connectivity index (χ3v) is 3.44. The fourth-order valence-electron chi connectivity index (χ4n) is 2.41. The largest absolute Gasteiger partial charge is 0.382 e. The van der Waals surface area contributed by atoms with Crippen LogP contribution in [0.4, 0.5) is 5.69 Å². The standard InChI is InChI=1S/C15H13N3/c16-8-12-5-6-17-10-15(12)18-9-13-7-11-3-1-2-4-14(11)13/h1-6,10,13,18H,7,9H2. The van der Waals surface area contributed by atoms with Crippen LogP contribution in [-0.4, -0.2) is 11.5 Å². The maximum atomic E-state index is 8.99. The molecule has 3 heteroatoms. The Bertz CT molecular complexity index is 613. The predicted octanol–water partition coefficient (Wildman–Crippen LogP) is 2.71. The molecule has 0 spiro atoms. The number of hydrogen-bond acceptors (Lipinski definition) is 3. The first kappa shape index (κ1) is 10.8. The fourth-order valence-corrected chi connectivity index (χ4v) is 2.41. The van der Waals surface area contributed by atoms with Crippen molar-refractivity contribution in [3.63, 3.8) is 0 Å². The Balaban J connectivity index is 1.69. The highest BCUT2D eigenvalue weighted by molar-refractivity contribution is 5.56. The number of anilines is 1. The van der Waals surface area contributed by atoms with E-state index in [0.717, 1.165) is 18.7 Å². The molecule has 1 aromatic heterocycles. The maximum absolute atomic E-state index is 8.99. The predicted molar refractivity (Wildman–Crippen MR) is 70.3 cm³/mol. The molecule has 2 aromatic rings. The molecule has 0 amide bonds.